The van der Waals surface area contributed by atoms with Crippen molar-refractivity contribution in [3.8, 4) is 0 Å². The number of aliphatic hydroxyl groups is 2. The number of carbonyl (C=O) groups excluding carboxylic acids is 1. The molecule has 4 nitrogen and oxygen atoms in total. The van der Waals surface area contributed by atoms with E-state index >= 15 is 0 Å². The SMILES string of the molecule is CC/C=C\C/C=C\C/C=C\C/C=C\C/C=C\CCCCCCCCCCCCCCCCCCCCCCCCCCCC(=O)NC(CO)C(O)/C=C/CC/C=C/CC/C=C/CCCCCCCCCCCC. The van der Waals surface area contributed by atoms with Gasteiger partial charge < -0.3 is 15.5 Å². The Bertz CT molecular complexity index is 1330. The van der Waals surface area contributed by atoms with Crippen molar-refractivity contribution in [1.29, 1.82) is 0 Å². The van der Waals surface area contributed by atoms with Crippen LogP contribution in [0.1, 0.15) is 316 Å². The molecule has 0 aromatic heterocycles. The smallest absolute Gasteiger partial charge is 0.220 e. The second-order valence-electron chi connectivity index (χ2n) is 21.4. The summed E-state index contributed by atoms with van der Waals surface area (Å²) >= 11 is 0. The average molecular weight is 1010 g/mol. The lowest BCUT2D eigenvalue weighted by molar-refractivity contribution is -0.123. The number of allylic oxidation sites excluding steroid dienone is 15. The van der Waals surface area contributed by atoms with E-state index in [1.807, 2.05) is 6.08 Å². The first kappa shape index (κ1) is 70.3. The number of aliphatic hydroxyl groups excluding tert-OH is 2. The van der Waals surface area contributed by atoms with Crippen LogP contribution < -0.4 is 5.32 Å². The number of hydrogen-bond donors (Lipinski definition) is 3. The van der Waals surface area contributed by atoms with Crippen LogP contribution in [0.15, 0.2) is 97.2 Å². The Morgan fingerprint density at radius 1 is 0.342 bits per heavy atom. The summed E-state index contributed by atoms with van der Waals surface area (Å²) in [6.45, 7) is 4.19. The molecule has 0 aromatic carbocycles. The molecule has 0 saturated carbocycles. The van der Waals surface area contributed by atoms with Crippen LogP contribution >= 0.6 is 0 Å². The highest BCUT2D eigenvalue weighted by Crippen LogP contribution is 2.17. The Balaban J connectivity index is 3.46. The summed E-state index contributed by atoms with van der Waals surface area (Å²) in [5.41, 5.74) is 0. The van der Waals surface area contributed by atoms with Gasteiger partial charge in [-0.15, -0.1) is 0 Å². The van der Waals surface area contributed by atoms with E-state index in [1.165, 1.54) is 225 Å². The van der Waals surface area contributed by atoms with E-state index in [0.717, 1.165) is 70.6 Å². The van der Waals surface area contributed by atoms with Gasteiger partial charge >= 0.3 is 0 Å². The first-order valence-corrected chi connectivity index (χ1v) is 32.0. The molecule has 0 radical (unpaired) electrons. The zero-order valence-corrected chi connectivity index (χ0v) is 48.6. The monoisotopic (exact) mass is 1010 g/mol. The molecule has 0 rings (SSSR count). The molecule has 0 bridgehead atoms. The summed E-state index contributed by atoms with van der Waals surface area (Å²) in [5, 5.41) is 23.2. The predicted octanol–water partition coefficient (Wildman–Crippen LogP) is 21.6. The molecule has 2 atom stereocenters. The van der Waals surface area contributed by atoms with Crippen molar-refractivity contribution in [3.05, 3.63) is 97.2 Å². The molecule has 0 saturated heterocycles. The van der Waals surface area contributed by atoms with Gasteiger partial charge in [-0.3, -0.25) is 4.79 Å². The van der Waals surface area contributed by atoms with E-state index in [1.54, 1.807) is 6.08 Å². The third-order valence-electron chi connectivity index (χ3n) is 14.3. The minimum absolute atomic E-state index is 0.0748. The van der Waals surface area contributed by atoms with E-state index in [9.17, 15) is 15.0 Å². The first-order chi connectivity index (χ1) is 36.2. The highest BCUT2D eigenvalue weighted by molar-refractivity contribution is 5.76. The van der Waals surface area contributed by atoms with Crippen LogP contribution in [0.5, 0.6) is 0 Å². The Kier molecular flexibility index (Phi) is 61.3. The van der Waals surface area contributed by atoms with Gasteiger partial charge in [0.15, 0.2) is 0 Å². The van der Waals surface area contributed by atoms with E-state index in [0.29, 0.717) is 6.42 Å². The number of carbonyl (C=O) groups is 1. The van der Waals surface area contributed by atoms with E-state index in [2.05, 4.69) is 104 Å². The van der Waals surface area contributed by atoms with Crippen LogP contribution in [0.3, 0.4) is 0 Å². The molecule has 422 valence electrons. The van der Waals surface area contributed by atoms with Crippen molar-refractivity contribution in [2.75, 3.05) is 6.61 Å². The van der Waals surface area contributed by atoms with E-state index < -0.39 is 12.1 Å². The Hall–Kier alpha value is -2.69. The van der Waals surface area contributed by atoms with Crippen molar-refractivity contribution in [3.63, 3.8) is 0 Å². The second-order valence-corrected chi connectivity index (χ2v) is 21.4. The summed E-state index contributed by atoms with van der Waals surface area (Å²) in [6, 6.07) is -0.648. The summed E-state index contributed by atoms with van der Waals surface area (Å²) in [7, 11) is 0. The average Bonchev–Trinajstić information content (AvgIpc) is 3.40. The van der Waals surface area contributed by atoms with Gasteiger partial charge in [-0.05, 0) is 89.9 Å². The molecule has 0 aliphatic heterocycles. The number of unbranched alkanes of at least 4 members (excludes halogenated alkanes) is 37. The molecular weight excluding hydrogens is 891 g/mol. The van der Waals surface area contributed by atoms with Gasteiger partial charge in [0.25, 0.3) is 0 Å². The Labute approximate surface area is 455 Å². The van der Waals surface area contributed by atoms with Crippen molar-refractivity contribution in [1.82, 2.24) is 5.32 Å². The van der Waals surface area contributed by atoms with Gasteiger partial charge in [-0.1, -0.05) is 317 Å². The van der Waals surface area contributed by atoms with Gasteiger partial charge in [-0.25, -0.2) is 0 Å². The molecule has 1 amide bonds. The molecule has 0 aromatic rings. The molecule has 3 N–H and O–H groups in total. The topological polar surface area (TPSA) is 69.6 Å². The van der Waals surface area contributed by atoms with Crippen LogP contribution in [0.4, 0.5) is 0 Å². The molecule has 2 unspecified atom stereocenters. The molecule has 4 heteroatoms. The summed E-state index contributed by atoms with van der Waals surface area (Å²) < 4.78 is 0. The minimum Gasteiger partial charge on any atom is -0.394 e. The molecule has 0 heterocycles. The third kappa shape index (κ3) is 60.1. The third-order valence-corrected chi connectivity index (χ3v) is 14.3. The zero-order valence-electron chi connectivity index (χ0n) is 48.6. The number of hydrogen-bond acceptors (Lipinski definition) is 3. The molecule has 0 aliphatic rings. The zero-order chi connectivity index (χ0) is 52.7. The normalized spacial score (nSPS) is 13.4. The fourth-order valence-corrected chi connectivity index (χ4v) is 9.48. The lowest BCUT2D eigenvalue weighted by Crippen LogP contribution is -2.45. The lowest BCUT2D eigenvalue weighted by Gasteiger charge is -2.19. The summed E-state index contributed by atoms with van der Waals surface area (Å²) in [6.07, 6.45) is 94.7. The van der Waals surface area contributed by atoms with Crippen LogP contribution in [0.25, 0.3) is 0 Å². The summed E-state index contributed by atoms with van der Waals surface area (Å²) in [5.74, 6) is -0.0748. The summed E-state index contributed by atoms with van der Waals surface area (Å²) in [4.78, 5) is 12.5. The molecule has 0 spiro atoms. The lowest BCUT2D eigenvalue weighted by atomic mass is 10.0. The van der Waals surface area contributed by atoms with Crippen LogP contribution in [-0.2, 0) is 4.79 Å². The maximum Gasteiger partial charge on any atom is 0.220 e. The Morgan fingerprint density at radius 3 is 0.959 bits per heavy atom. The maximum atomic E-state index is 12.5. The van der Waals surface area contributed by atoms with Gasteiger partial charge in [0.1, 0.15) is 0 Å². The Morgan fingerprint density at radius 2 is 0.616 bits per heavy atom. The van der Waals surface area contributed by atoms with Gasteiger partial charge in [0, 0.05) is 6.42 Å². The fraction of sp³-hybridized carbons (Fsp3) is 0.754. The van der Waals surface area contributed by atoms with Crippen LogP contribution in [0, 0.1) is 0 Å². The number of rotatable bonds is 58. The van der Waals surface area contributed by atoms with Gasteiger partial charge in [0.2, 0.25) is 5.91 Å². The largest absolute Gasteiger partial charge is 0.394 e. The predicted molar refractivity (Wildman–Crippen MR) is 326 cm³/mol. The highest BCUT2D eigenvalue weighted by atomic mass is 16.3. The molecular formula is C69H123NO3. The standard InChI is InChI=1S/C69H123NO3/c1-3-5-7-9-11-13-15-17-19-21-23-25-26-27-28-29-30-31-32-33-34-35-36-37-38-39-40-41-42-43-44-45-47-49-51-53-55-57-59-61-63-65-69(73)70-67(66-71)68(72)64-62-60-58-56-54-52-50-48-46-24-22-20-18-16-14-12-10-8-6-4-2/h5,7,11,13,17,19,23,25,27-28,46,48,54,56,62,64,67-68,71-72H,3-4,6,8-10,12,14-16,18,20-22,24,26,29-45,47,49-53,55,57-61,63,65-66H2,1-2H3,(H,70,73)/b7-5-,13-11-,19-17-,25-23-,28-27-,48-46+,56-54+,64-62+. The minimum atomic E-state index is -0.873. The second kappa shape index (κ2) is 63.6. The van der Waals surface area contributed by atoms with Crippen LogP contribution in [-0.4, -0.2) is 34.9 Å². The maximum absolute atomic E-state index is 12.5. The van der Waals surface area contributed by atoms with E-state index in [-0.39, 0.29) is 12.5 Å². The first-order valence-electron chi connectivity index (χ1n) is 32.0. The van der Waals surface area contributed by atoms with Crippen molar-refractivity contribution < 1.29 is 15.0 Å². The quantitative estimate of drug-likeness (QED) is 0.0420. The van der Waals surface area contributed by atoms with Gasteiger partial charge in [-0.2, -0.15) is 0 Å². The van der Waals surface area contributed by atoms with Crippen molar-refractivity contribution in [2.45, 2.75) is 328 Å². The fourth-order valence-electron chi connectivity index (χ4n) is 9.48. The number of nitrogens with one attached hydrogen (secondary N) is 1. The molecule has 0 aliphatic carbocycles. The van der Waals surface area contributed by atoms with Gasteiger partial charge in [0.05, 0.1) is 18.8 Å². The molecule has 0 fully saturated rings. The molecule has 73 heavy (non-hydrogen) atoms. The van der Waals surface area contributed by atoms with E-state index in [4.69, 9.17) is 0 Å². The van der Waals surface area contributed by atoms with Crippen molar-refractivity contribution >= 4 is 5.91 Å². The van der Waals surface area contributed by atoms with Crippen molar-refractivity contribution in [2.24, 2.45) is 0 Å². The highest BCUT2D eigenvalue weighted by Gasteiger charge is 2.18. The number of amides is 1. The van der Waals surface area contributed by atoms with Crippen LogP contribution in [0.2, 0.25) is 0 Å².